The van der Waals surface area contributed by atoms with Crippen LogP contribution in [-0.2, 0) is 6.54 Å². The number of nitrogens with one attached hydrogen (secondary N) is 1. The molecule has 6 heteroatoms. The van der Waals surface area contributed by atoms with Crippen molar-refractivity contribution in [2.75, 3.05) is 18.4 Å². The first-order chi connectivity index (χ1) is 9.70. The van der Waals surface area contributed by atoms with Crippen LogP contribution in [0.5, 0.6) is 0 Å². The molecule has 3 rings (SSSR count). The minimum Gasteiger partial charge on any atom is -0.359 e. The maximum atomic E-state index is 4.63. The van der Waals surface area contributed by atoms with Gasteiger partial charge >= 0.3 is 0 Å². The molecule has 0 aromatic carbocycles. The number of hydrogen-bond donors (Lipinski definition) is 1. The second-order valence-electron chi connectivity index (χ2n) is 5.44. The molecule has 2 aromatic heterocycles. The van der Waals surface area contributed by atoms with Crippen LogP contribution >= 0.6 is 22.7 Å². The molecule has 1 aliphatic heterocycles. The van der Waals surface area contributed by atoms with E-state index in [1.165, 1.54) is 35.8 Å². The highest BCUT2D eigenvalue weighted by Crippen LogP contribution is 2.30. The summed E-state index contributed by atoms with van der Waals surface area (Å²) in [5.74, 6) is 0. The van der Waals surface area contributed by atoms with Crippen molar-refractivity contribution in [3.63, 3.8) is 0 Å². The van der Waals surface area contributed by atoms with Crippen molar-refractivity contribution in [2.45, 2.75) is 39.3 Å². The average Bonchev–Trinajstić information content (AvgIpc) is 3.09. The fourth-order valence-electron chi connectivity index (χ4n) is 2.33. The predicted octanol–water partition coefficient (Wildman–Crippen LogP) is 3.68. The van der Waals surface area contributed by atoms with Gasteiger partial charge in [0.15, 0.2) is 5.13 Å². The molecule has 1 N–H and O–H groups in total. The Morgan fingerprint density at radius 1 is 1.35 bits per heavy atom. The van der Waals surface area contributed by atoms with E-state index in [-0.39, 0.29) is 0 Å². The van der Waals surface area contributed by atoms with Gasteiger partial charge in [-0.1, -0.05) is 0 Å². The first-order valence-corrected chi connectivity index (χ1v) is 8.80. The van der Waals surface area contributed by atoms with E-state index in [1.54, 1.807) is 22.7 Å². The van der Waals surface area contributed by atoms with Gasteiger partial charge in [-0.05, 0) is 39.8 Å². The Kier molecular flexibility index (Phi) is 4.33. The molecule has 0 radical (unpaired) electrons. The number of rotatable bonds is 5. The molecule has 3 heterocycles. The number of likely N-dealkylation sites (tertiary alicyclic amines) is 1. The summed E-state index contributed by atoms with van der Waals surface area (Å²) in [6.07, 6.45) is 4.62. The van der Waals surface area contributed by atoms with Gasteiger partial charge in [-0.15, -0.1) is 22.7 Å². The Morgan fingerprint density at radius 3 is 2.90 bits per heavy atom. The van der Waals surface area contributed by atoms with Gasteiger partial charge < -0.3 is 5.32 Å². The molecule has 1 fully saturated rings. The number of thiazole rings is 2. The van der Waals surface area contributed by atoms with Gasteiger partial charge in [0.1, 0.15) is 5.01 Å². The third kappa shape index (κ3) is 3.37. The van der Waals surface area contributed by atoms with Crippen LogP contribution in [0.3, 0.4) is 0 Å². The van der Waals surface area contributed by atoms with E-state index in [2.05, 4.69) is 39.4 Å². The summed E-state index contributed by atoms with van der Waals surface area (Å²) in [7, 11) is 0. The third-order valence-corrected chi connectivity index (χ3v) is 5.06. The van der Waals surface area contributed by atoms with Gasteiger partial charge in [0.25, 0.3) is 0 Å². The Bertz CT molecular complexity index is 555. The number of nitrogens with zero attached hydrogens (tertiary/aromatic N) is 3. The molecule has 4 nitrogen and oxygen atoms in total. The van der Waals surface area contributed by atoms with E-state index in [0.717, 1.165) is 17.4 Å². The van der Waals surface area contributed by atoms with Crippen LogP contribution < -0.4 is 5.32 Å². The van der Waals surface area contributed by atoms with Crippen LogP contribution in [0.1, 0.15) is 31.7 Å². The van der Waals surface area contributed by atoms with Crippen LogP contribution in [0.4, 0.5) is 5.13 Å². The molecular formula is C14H20N4S2. The van der Waals surface area contributed by atoms with Gasteiger partial charge in [0.2, 0.25) is 0 Å². The van der Waals surface area contributed by atoms with Crippen LogP contribution in [0.15, 0.2) is 11.6 Å². The summed E-state index contributed by atoms with van der Waals surface area (Å²) in [6, 6.07) is 0.418. The van der Waals surface area contributed by atoms with E-state index in [1.807, 2.05) is 6.20 Å². The Morgan fingerprint density at radius 2 is 2.15 bits per heavy atom. The third-order valence-electron chi connectivity index (χ3n) is 3.28. The van der Waals surface area contributed by atoms with Gasteiger partial charge in [0.05, 0.1) is 17.1 Å². The quantitative estimate of drug-likeness (QED) is 0.915. The molecule has 0 aliphatic carbocycles. The van der Waals surface area contributed by atoms with Crippen molar-refractivity contribution in [1.29, 1.82) is 0 Å². The van der Waals surface area contributed by atoms with E-state index in [9.17, 15) is 0 Å². The van der Waals surface area contributed by atoms with E-state index >= 15 is 0 Å². The van der Waals surface area contributed by atoms with Crippen LogP contribution in [0.2, 0.25) is 0 Å². The smallest absolute Gasteiger partial charge is 0.183 e. The van der Waals surface area contributed by atoms with E-state index in [4.69, 9.17) is 0 Å². The molecule has 0 saturated carbocycles. The predicted molar refractivity (Wildman–Crippen MR) is 86.5 cm³/mol. The molecule has 1 saturated heterocycles. The summed E-state index contributed by atoms with van der Waals surface area (Å²) in [6.45, 7) is 7.68. The maximum Gasteiger partial charge on any atom is 0.183 e. The lowest BCUT2D eigenvalue weighted by molar-refractivity contribution is 0.331. The summed E-state index contributed by atoms with van der Waals surface area (Å²) >= 11 is 3.43. The van der Waals surface area contributed by atoms with Crippen molar-refractivity contribution >= 4 is 27.8 Å². The topological polar surface area (TPSA) is 41.1 Å². The maximum absolute atomic E-state index is 4.63. The van der Waals surface area contributed by atoms with Crippen molar-refractivity contribution < 1.29 is 0 Å². The highest BCUT2D eigenvalue weighted by atomic mass is 32.1. The van der Waals surface area contributed by atoms with Crippen LogP contribution in [-0.4, -0.2) is 34.0 Å². The fraction of sp³-hybridized carbons (Fsp3) is 0.571. The van der Waals surface area contributed by atoms with Crippen molar-refractivity contribution in [3.8, 4) is 10.6 Å². The minimum absolute atomic E-state index is 0.418. The zero-order valence-corrected chi connectivity index (χ0v) is 13.6. The Hall–Kier alpha value is -0.980. The lowest BCUT2D eigenvalue weighted by Gasteiger charge is -2.11. The monoisotopic (exact) mass is 308 g/mol. The molecule has 2 aromatic rings. The second kappa shape index (κ2) is 6.20. The molecule has 0 amide bonds. The molecule has 20 heavy (non-hydrogen) atoms. The molecule has 108 valence electrons. The second-order valence-corrected chi connectivity index (χ2v) is 7.41. The number of hydrogen-bond acceptors (Lipinski definition) is 6. The summed E-state index contributed by atoms with van der Waals surface area (Å²) in [5, 5.41) is 7.65. The summed E-state index contributed by atoms with van der Waals surface area (Å²) in [5.41, 5.74) is 1.04. The van der Waals surface area contributed by atoms with E-state index < -0.39 is 0 Å². The average molecular weight is 308 g/mol. The number of anilines is 1. The molecular weight excluding hydrogens is 288 g/mol. The van der Waals surface area contributed by atoms with Crippen LogP contribution in [0.25, 0.3) is 10.6 Å². The Balaban J connectivity index is 1.67. The van der Waals surface area contributed by atoms with Crippen molar-refractivity contribution in [2.24, 2.45) is 0 Å². The van der Waals surface area contributed by atoms with Gasteiger partial charge in [-0.25, -0.2) is 9.97 Å². The fourth-order valence-corrected chi connectivity index (χ4v) is 4.19. The SMILES string of the molecule is CC(C)Nc1nc(-c2cnc(CN3CCCC3)s2)cs1. The zero-order valence-electron chi connectivity index (χ0n) is 11.9. The zero-order chi connectivity index (χ0) is 13.9. The van der Waals surface area contributed by atoms with Crippen molar-refractivity contribution in [3.05, 3.63) is 16.6 Å². The highest BCUT2D eigenvalue weighted by Gasteiger charge is 2.15. The summed E-state index contributed by atoms with van der Waals surface area (Å²) in [4.78, 5) is 12.8. The van der Waals surface area contributed by atoms with Crippen LogP contribution in [0, 0.1) is 0 Å². The normalized spacial score (nSPS) is 16.1. The molecule has 0 atom stereocenters. The largest absolute Gasteiger partial charge is 0.359 e. The molecule has 0 unspecified atom stereocenters. The minimum atomic E-state index is 0.418. The van der Waals surface area contributed by atoms with Gasteiger partial charge in [-0.3, -0.25) is 4.90 Å². The first-order valence-electron chi connectivity index (χ1n) is 7.10. The lowest BCUT2D eigenvalue weighted by Crippen LogP contribution is -2.17. The molecule has 0 bridgehead atoms. The standard InChI is InChI=1S/C14H20N4S2/c1-10(2)16-14-17-11(9-19-14)12-7-15-13(20-12)8-18-5-3-4-6-18/h7,9-10H,3-6,8H2,1-2H3,(H,16,17). The highest BCUT2D eigenvalue weighted by molar-refractivity contribution is 7.16. The van der Waals surface area contributed by atoms with Gasteiger partial charge in [-0.2, -0.15) is 0 Å². The van der Waals surface area contributed by atoms with Gasteiger partial charge in [0, 0.05) is 17.6 Å². The number of aromatic nitrogens is 2. The Labute approximate surface area is 127 Å². The lowest BCUT2D eigenvalue weighted by atomic mass is 10.4. The first kappa shape index (κ1) is 14.0. The molecule has 0 spiro atoms. The molecule has 1 aliphatic rings. The van der Waals surface area contributed by atoms with E-state index in [0.29, 0.717) is 6.04 Å². The summed E-state index contributed by atoms with van der Waals surface area (Å²) < 4.78 is 0. The van der Waals surface area contributed by atoms with Crippen molar-refractivity contribution in [1.82, 2.24) is 14.9 Å².